The smallest absolute Gasteiger partial charge is 0.220 e. The average molecular weight is 227 g/mol. The Balaban J connectivity index is 2.33. The van der Waals surface area contributed by atoms with Gasteiger partial charge < -0.3 is 10.1 Å². The van der Waals surface area contributed by atoms with Crippen molar-refractivity contribution in [2.45, 2.75) is 12.3 Å². The van der Waals surface area contributed by atoms with Crippen LogP contribution in [0.4, 0.5) is 8.78 Å². The number of methoxy groups -OCH3 is 1. The van der Waals surface area contributed by atoms with E-state index in [9.17, 15) is 13.6 Å². The summed E-state index contributed by atoms with van der Waals surface area (Å²) < 4.78 is 31.4. The minimum Gasteiger partial charge on any atom is -0.491 e. The fourth-order valence-corrected chi connectivity index (χ4v) is 1.85. The molecule has 86 valence electrons. The third-order valence-electron chi connectivity index (χ3n) is 2.67. The number of carbonyl (C=O) groups excluding carboxylic acids is 1. The van der Waals surface area contributed by atoms with Gasteiger partial charge >= 0.3 is 0 Å². The highest BCUT2D eigenvalue weighted by atomic mass is 19.1. The molecule has 1 unspecified atom stereocenters. The van der Waals surface area contributed by atoms with Gasteiger partial charge in [-0.05, 0) is 17.7 Å². The summed E-state index contributed by atoms with van der Waals surface area (Å²) in [5, 5.41) is 2.62. The van der Waals surface area contributed by atoms with Gasteiger partial charge in [0.05, 0.1) is 7.11 Å². The molecule has 1 saturated heterocycles. The summed E-state index contributed by atoms with van der Waals surface area (Å²) in [5.41, 5.74) is 0.481. The van der Waals surface area contributed by atoms with Crippen LogP contribution in [0.1, 0.15) is 17.9 Å². The van der Waals surface area contributed by atoms with E-state index < -0.39 is 11.6 Å². The minimum atomic E-state index is -0.739. The first kappa shape index (κ1) is 10.9. The van der Waals surface area contributed by atoms with Crippen molar-refractivity contribution >= 4 is 5.91 Å². The number of halogens is 2. The van der Waals surface area contributed by atoms with Crippen LogP contribution in [0.5, 0.6) is 5.75 Å². The van der Waals surface area contributed by atoms with Crippen molar-refractivity contribution in [3.63, 3.8) is 0 Å². The summed E-state index contributed by atoms with van der Waals surface area (Å²) in [4.78, 5) is 11.0. The molecule has 0 aromatic heterocycles. The van der Waals surface area contributed by atoms with E-state index in [2.05, 4.69) is 10.1 Å². The zero-order chi connectivity index (χ0) is 11.7. The number of ether oxygens (including phenoxy) is 1. The van der Waals surface area contributed by atoms with Crippen molar-refractivity contribution in [1.29, 1.82) is 0 Å². The van der Waals surface area contributed by atoms with Crippen LogP contribution < -0.4 is 10.1 Å². The van der Waals surface area contributed by atoms with Gasteiger partial charge in [0.1, 0.15) is 0 Å². The van der Waals surface area contributed by atoms with Crippen molar-refractivity contribution in [3.8, 4) is 5.75 Å². The lowest BCUT2D eigenvalue weighted by Crippen LogP contribution is -2.13. The second-order valence-electron chi connectivity index (χ2n) is 3.72. The van der Waals surface area contributed by atoms with Crippen LogP contribution in [0.3, 0.4) is 0 Å². The summed E-state index contributed by atoms with van der Waals surface area (Å²) in [6, 6.07) is 2.43. The Morgan fingerprint density at radius 2 is 2.00 bits per heavy atom. The lowest BCUT2D eigenvalue weighted by Gasteiger charge is -2.10. The van der Waals surface area contributed by atoms with Crippen molar-refractivity contribution in [2.24, 2.45) is 0 Å². The van der Waals surface area contributed by atoms with Crippen molar-refractivity contribution in [1.82, 2.24) is 5.32 Å². The number of nitrogens with one attached hydrogen (secondary N) is 1. The van der Waals surface area contributed by atoms with Crippen LogP contribution in [0.25, 0.3) is 0 Å². The molecule has 0 radical (unpaired) electrons. The van der Waals surface area contributed by atoms with Gasteiger partial charge in [0.15, 0.2) is 17.4 Å². The molecule has 0 bridgehead atoms. The highest BCUT2D eigenvalue weighted by Crippen LogP contribution is 2.29. The molecule has 1 aromatic carbocycles. The molecule has 2 rings (SSSR count). The van der Waals surface area contributed by atoms with Crippen LogP contribution in [0.15, 0.2) is 12.1 Å². The normalized spacial score (nSPS) is 19.7. The van der Waals surface area contributed by atoms with Crippen LogP contribution in [-0.2, 0) is 4.79 Å². The maximum Gasteiger partial charge on any atom is 0.220 e. The second kappa shape index (κ2) is 4.08. The molecule has 0 spiro atoms. The molecule has 1 heterocycles. The van der Waals surface area contributed by atoms with E-state index in [0.29, 0.717) is 12.1 Å². The average Bonchev–Trinajstić information content (AvgIpc) is 2.64. The zero-order valence-electron chi connectivity index (χ0n) is 8.72. The van der Waals surface area contributed by atoms with Crippen molar-refractivity contribution < 1.29 is 18.3 Å². The minimum absolute atomic E-state index is 0.0957. The van der Waals surface area contributed by atoms with E-state index in [1.165, 1.54) is 19.2 Å². The van der Waals surface area contributed by atoms with E-state index in [-0.39, 0.29) is 24.0 Å². The van der Waals surface area contributed by atoms with Gasteiger partial charge in [-0.15, -0.1) is 0 Å². The number of hydrogen-bond donors (Lipinski definition) is 1. The Labute approximate surface area is 91.4 Å². The zero-order valence-corrected chi connectivity index (χ0v) is 8.72. The molecule has 1 aliphatic rings. The first-order chi connectivity index (χ1) is 7.61. The van der Waals surface area contributed by atoms with Gasteiger partial charge in [0.2, 0.25) is 5.91 Å². The summed E-state index contributed by atoms with van der Waals surface area (Å²) in [5.74, 6) is -2.13. The molecule has 1 atom stereocenters. The molecule has 1 aliphatic heterocycles. The molecular formula is C11H11F2NO2. The highest BCUT2D eigenvalue weighted by Gasteiger charge is 2.25. The third-order valence-corrected chi connectivity index (χ3v) is 2.67. The van der Waals surface area contributed by atoms with Gasteiger partial charge in [-0.2, -0.15) is 0 Å². The second-order valence-corrected chi connectivity index (χ2v) is 3.72. The number of benzene rings is 1. The lowest BCUT2D eigenvalue weighted by molar-refractivity contribution is -0.119. The molecule has 1 amide bonds. The third kappa shape index (κ3) is 1.85. The Bertz CT molecular complexity index is 411. The Morgan fingerprint density at radius 1 is 1.38 bits per heavy atom. The Kier molecular flexibility index (Phi) is 2.77. The van der Waals surface area contributed by atoms with E-state index in [1.807, 2.05) is 0 Å². The number of carbonyl (C=O) groups is 1. The highest BCUT2D eigenvalue weighted by molar-refractivity contribution is 5.79. The fourth-order valence-electron chi connectivity index (χ4n) is 1.85. The molecule has 1 N–H and O–H groups in total. The van der Waals surface area contributed by atoms with Gasteiger partial charge in [-0.3, -0.25) is 4.79 Å². The molecule has 1 aromatic rings. The molecule has 16 heavy (non-hydrogen) atoms. The molecule has 5 heteroatoms. The van der Waals surface area contributed by atoms with Gasteiger partial charge in [0.25, 0.3) is 0 Å². The fraction of sp³-hybridized carbons (Fsp3) is 0.364. The van der Waals surface area contributed by atoms with Crippen LogP contribution in [-0.4, -0.2) is 19.6 Å². The summed E-state index contributed by atoms with van der Waals surface area (Å²) in [6.45, 7) is 0.421. The van der Waals surface area contributed by atoms with Crippen molar-refractivity contribution in [3.05, 3.63) is 29.3 Å². The topological polar surface area (TPSA) is 38.3 Å². The van der Waals surface area contributed by atoms with Gasteiger partial charge in [0, 0.05) is 18.9 Å². The number of hydrogen-bond acceptors (Lipinski definition) is 2. The van der Waals surface area contributed by atoms with Gasteiger partial charge in [-0.25, -0.2) is 8.78 Å². The van der Waals surface area contributed by atoms with E-state index in [4.69, 9.17) is 0 Å². The standard InChI is InChI=1S/C11H11F2NO2/c1-16-11-8(12)2-6(3-9(11)13)7-4-10(15)14-5-7/h2-3,7H,4-5H2,1H3,(H,14,15). The monoisotopic (exact) mass is 227 g/mol. The lowest BCUT2D eigenvalue weighted by atomic mass is 9.98. The quantitative estimate of drug-likeness (QED) is 0.833. The molecule has 0 saturated carbocycles. The summed E-state index contributed by atoms with van der Waals surface area (Å²) in [7, 11) is 1.21. The number of rotatable bonds is 2. The maximum absolute atomic E-state index is 13.4. The number of amides is 1. The van der Waals surface area contributed by atoms with Crippen LogP contribution in [0.2, 0.25) is 0 Å². The maximum atomic E-state index is 13.4. The predicted molar refractivity (Wildman–Crippen MR) is 53.3 cm³/mol. The predicted octanol–water partition coefficient (Wildman–Crippen LogP) is 1.58. The van der Waals surface area contributed by atoms with E-state index in [0.717, 1.165) is 0 Å². The Hall–Kier alpha value is -1.65. The SMILES string of the molecule is COc1c(F)cc(C2CNC(=O)C2)cc1F. The molecule has 1 fully saturated rings. The van der Waals surface area contributed by atoms with Crippen LogP contribution in [0, 0.1) is 11.6 Å². The first-order valence-electron chi connectivity index (χ1n) is 4.91. The molecule has 3 nitrogen and oxygen atoms in total. The van der Waals surface area contributed by atoms with E-state index >= 15 is 0 Å². The summed E-state index contributed by atoms with van der Waals surface area (Å²) in [6.07, 6.45) is 0.269. The Morgan fingerprint density at radius 3 is 2.44 bits per heavy atom. The van der Waals surface area contributed by atoms with Crippen molar-refractivity contribution in [2.75, 3.05) is 13.7 Å². The molecular weight excluding hydrogens is 216 g/mol. The molecule has 0 aliphatic carbocycles. The summed E-state index contributed by atoms with van der Waals surface area (Å²) >= 11 is 0. The van der Waals surface area contributed by atoms with Crippen LogP contribution >= 0.6 is 0 Å². The van der Waals surface area contributed by atoms with Gasteiger partial charge in [-0.1, -0.05) is 0 Å². The van der Waals surface area contributed by atoms with E-state index in [1.54, 1.807) is 0 Å². The first-order valence-corrected chi connectivity index (χ1v) is 4.91. The largest absolute Gasteiger partial charge is 0.491 e.